The molecule has 0 radical (unpaired) electrons. The molecule has 1 N–H and O–H groups in total. The highest BCUT2D eigenvalue weighted by Crippen LogP contribution is 2.30. The molecule has 1 aliphatic heterocycles. The molecule has 2 aromatic heterocycles. The zero-order valence-electron chi connectivity index (χ0n) is 15.9. The number of thiazole rings is 1. The predicted octanol–water partition coefficient (Wildman–Crippen LogP) is 3.09. The summed E-state index contributed by atoms with van der Waals surface area (Å²) in [5, 5.41) is 3.34. The van der Waals surface area contributed by atoms with Crippen molar-refractivity contribution >= 4 is 38.8 Å². The van der Waals surface area contributed by atoms with Crippen LogP contribution in [-0.4, -0.2) is 42.5 Å². The normalized spacial score (nSPS) is 20.1. The van der Waals surface area contributed by atoms with Gasteiger partial charge >= 0.3 is 0 Å². The van der Waals surface area contributed by atoms with Crippen molar-refractivity contribution in [3.8, 4) is 0 Å². The fourth-order valence-electron chi connectivity index (χ4n) is 3.81. The molecule has 1 amide bonds. The minimum Gasteiger partial charge on any atom is -0.336 e. The van der Waals surface area contributed by atoms with Crippen LogP contribution in [0, 0.1) is 6.92 Å². The number of likely N-dealkylation sites (N-methyl/N-ethyl adjacent to an activating group) is 1. The first-order valence-electron chi connectivity index (χ1n) is 9.56. The summed E-state index contributed by atoms with van der Waals surface area (Å²) in [5.74, 6) is 0.714. The number of benzene rings is 1. The number of quaternary nitrogens is 1. The van der Waals surface area contributed by atoms with Crippen LogP contribution < -0.4 is 4.90 Å². The second-order valence-corrected chi connectivity index (χ2v) is 9.58. The number of piperidine rings is 1. The molecule has 27 heavy (non-hydrogen) atoms. The Kier molecular flexibility index (Phi) is 5.57. The van der Waals surface area contributed by atoms with Crippen molar-refractivity contribution in [2.75, 3.05) is 26.7 Å². The summed E-state index contributed by atoms with van der Waals surface area (Å²) in [6.07, 6.45) is 2.35. The number of aryl methyl sites for hydroxylation is 1. The maximum atomic E-state index is 12.7. The first kappa shape index (κ1) is 18.6. The highest BCUT2D eigenvalue weighted by atomic mass is 32.1. The van der Waals surface area contributed by atoms with Crippen LogP contribution in [0.3, 0.4) is 0 Å². The molecular formula is C21H26N3OS2+. The second kappa shape index (κ2) is 8.09. The van der Waals surface area contributed by atoms with E-state index in [1.54, 1.807) is 11.3 Å². The number of carbonyl (C=O) groups is 1. The quantitative estimate of drug-likeness (QED) is 0.715. The van der Waals surface area contributed by atoms with Gasteiger partial charge in [0, 0.05) is 11.9 Å². The molecule has 2 atom stereocenters. The monoisotopic (exact) mass is 400 g/mol. The zero-order chi connectivity index (χ0) is 18.8. The summed E-state index contributed by atoms with van der Waals surface area (Å²) in [7, 11) is 1.93. The lowest BCUT2D eigenvalue weighted by atomic mass is 9.99. The summed E-state index contributed by atoms with van der Waals surface area (Å²) in [6, 6.07) is 10.5. The van der Waals surface area contributed by atoms with Gasteiger partial charge < -0.3 is 9.80 Å². The summed E-state index contributed by atoms with van der Waals surface area (Å²) >= 11 is 3.55. The standard InChI is InChI=1S/C21H25N3OS2/c1-15-9-11-26-19(15)13-23(2)20(25)14-24-10-5-6-16(12-24)21-22-17-7-3-4-8-18(17)27-21/h3-4,7-9,11,16H,5-6,10,12-14H2,1-2H3/p+1/t16-/m0/s1. The van der Waals surface area contributed by atoms with Crippen LogP contribution in [0.4, 0.5) is 0 Å². The minimum absolute atomic E-state index is 0.239. The first-order chi connectivity index (χ1) is 13.1. The summed E-state index contributed by atoms with van der Waals surface area (Å²) < 4.78 is 1.27. The van der Waals surface area contributed by atoms with Crippen LogP contribution in [0.2, 0.25) is 0 Å². The SMILES string of the molecule is Cc1ccsc1CN(C)C(=O)C[NH+]1CCC[C@H](c2nc3ccccc3s2)C1. The highest BCUT2D eigenvalue weighted by molar-refractivity contribution is 7.18. The van der Waals surface area contributed by atoms with Crippen molar-refractivity contribution in [2.24, 2.45) is 0 Å². The number of amides is 1. The van der Waals surface area contributed by atoms with Gasteiger partial charge in [-0.25, -0.2) is 4.98 Å². The number of thiophene rings is 1. The molecule has 0 spiro atoms. The maximum Gasteiger partial charge on any atom is 0.277 e. The Morgan fingerprint density at radius 1 is 1.33 bits per heavy atom. The van der Waals surface area contributed by atoms with E-state index in [2.05, 4.69) is 36.6 Å². The molecule has 1 unspecified atom stereocenters. The molecule has 3 heterocycles. The van der Waals surface area contributed by atoms with Crippen LogP contribution in [0.15, 0.2) is 35.7 Å². The molecule has 1 saturated heterocycles. The molecule has 142 valence electrons. The third kappa shape index (κ3) is 4.23. The summed E-state index contributed by atoms with van der Waals surface area (Å²) in [5.41, 5.74) is 2.38. The molecule has 1 aromatic carbocycles. The second-order valence-electron chi connectivity index (χ2n) is 7.52. The number of fused-ring (bicyclic) bond motifs is 1. The lowest BCUT2D eigenvalue weighted by Crippen LogP contribution is -3.14. The van der Waals surface area contributed by atoms with Gasteiger partial charge in [0.15, 0.2) is 6.54 Å². The highest BCUT2D eigenvalue weighted by Gasteiger charge is 2.29. The van der Waals surface area contributed by atoms with Gasteiger partial charge in [-0.3, -0.25) is 4.79 Å². The van der Waals surface area contributed by atoms with E-state index in [0.29, 0.717) is 12.5 Å². The predicted molar refractivity (Wildman–Crippen MR) is 113 cm³/mol. The van der Waals surface area contributed by atoms with Gasteiger partial charge in [-0.15, -0.1) is 22.7 Å². The fourth-order valence-corrected chi connectivity index (χ4v) is 5.87. The average Bonchev–Trinajstić information content (AvgIpc) is 3.28. The summed E-state index contributed by atoms with van der Waals surface area (Å²) in [4.78, 5) is 22.1. The van der Waals surface area contributed by atoms with Crippen molar-refractivity contribution < 1.29 is 9.69 Å². The van der Waals surface area contributed by atoms with Gasteiger partial charge in [0.1, 0.15) is 5.01 Å². The lowest BCUT2D eigenvalue weighted by Gasteiger charge is -2.29. The molecule has 0 aliphatic carbocycles. The van der Waals surface area contributed by atoms with E-state index < -0.39 is 0 Å². The smallest absolute Gasteiger partial charge is 0.277 e. The zero-order valence-corrected chi connectivity index (χ0v) is 17.5. The number of para-hydroxylation sites is 1. The van der Waals surface area contributed by atoms with E-state index in [1.165, 1.54) is 31.5 Å². The van der Waals surface area contributed by atoms with E-state index in [9.17, 15) is 4.79 Å². The molecule has 3 aromatic rings. The van der Waals surface area contributed by atoms with E-state index in [4.69, 9.17) is 4.98 Å². The molecule has 1 fully saturated rings. The number of aromatic nitrogens is 1. The average molecular weight is 401 g/mol. The van der Waals surface area contributed by atoms with Gasteiger partial charge in [-0.2, -0.15) is 0 Å². The van der Waals surface area contributed by atoms with Crippen molar-refractivity contribution in [1.82, 2.24) is 9.88 Å². The van der Waals surface area contributed by atoms with Gasteiger partial charge in [0.2, 0.25) is 0 Å². The number of nitrogens with one attached hydrogen (secondary N) is 1. The lowest BCUT2D eigenvalue weighted by molar-refractivity contribution is -0.898. The van der Waals surface area contributed by atoms with Gasteiger partial charge in [0.05, 0.1) is 35.8 Å². The van der Waals surface area contributed by atoms with Crippen molar-refractivity contribution in [1.29, 1.82) is 0 Å². The van der Waals surface area contributed by atoms with E-state index in [0.717, 1.165) is 31.6 Å². The topological polar surface area (TPSA) is 37.6 Å². The fraction of sp³-hybridized carbons (Fsp3) is 0.429. The Morgan fingerprint density at radius 3 is 2.96 bits per heavy atom. The van der Waals surface area contributed by atoms with Crippen molar-refractivity contribution in [2.45, 2.75) is 32.2 Å². The number of carbonyl (C=O) groups excluding carboxylic acids is 1. The molecule has 0 bridgehead atoms. The van der Waals surface area contributed by atoms with Crippen LogP contribution >= 0.6 is 22.7 Å². The van der Waals surface area contributed by atoms with Gasteiger partial charge in [0.25, 0.3) is 5.91 Å². The van der Waals surface area contributed by atoms with Crippen molar-refractivity contribution in [3.63, 3.8) is 0 Å². The maximum absolute atomic E-state index is 12.7. The van der Waals surface area contributed by atoms with Gasteiger partial charge in [-0.1, -0.05) is 12.1 Å². The number of nitrogens with zero attached hydrogens (tertiary/aromatic N) is 2. The number of hydrogen-bond acceptors (Lipinski definition) is 4. The Morgan fingerprint density at radius 2 is 2.19 bits per heavy atom. The summed E-state index contributed by atoms with van der Waals surface area (Å²) in [6.45, 7) is 5.51. The van der Waals surface area contributed by atoms with E-state index in [-0.39, 0.29) is 5.91 Å². The Bertz CT molecular complexity index is 899. The molecule has 6 heteroatoms. The Hall–Kier alpha value is -1.76. The van der Waals surface area contributed by atoms with E-state index in [1.807, 2.05) is 29.4 Å². The molecular weight excluding hydrogens is 374 g/mol. The number of hydrogen-bond donors (Lipinski definition) is 1. The third-order valence-electron chi connectivity index (χ3n) is 5.45. The number of likely N-dealkylation sites (tertiary alicyclic amines) is 1. The Labute approximate surface area is 168 Å². The van der Waals surface area contributed by atoms with Crippen molar-refractivity contribution in [3.05, 3.63) is 51.2 Å². The largest absolute Gasteiger partial charge is 0.336 e. The van der Waals surface area contributed by atoms with Crippen LogP contribution in [0.25, 0.3) is 10.2 Å². The van der Waals surface area contributed by atoms with Crippen LogP contribution in [0.5, 0.6) is 0 Å². The third-order valence-corrected chi connectivity index (χ3v) is 7.66. The molecule has 0 saturated carbocycles. The van der Waals surface area contributed by atoms with E-state index >= 15 is 0 Å². The molecule has 4 rings (SSSR count). The Balaban J connectivity index is 1.37. The van der Waals surface area contributed by atoms with Crippen LogP contribution in [0.1, 0.15) is 34.2 Å². The van der Waals surface area contributed by atoms with Gasteiger partial charge in [-0.05, 0) is 48.9 Å². The van der Waals surface area contributed by atoms with Crippen LogP contribution in [-0.2, 0) is 11.3 Å². The molecule has 4 nitrogen and oxygen atoms in total. The molecule has 1 aliphatic rings. The first-order valence-corrected chi connectivity index (χ1v) is 11.3. The number of rotatable bonds is 5. The minimum atomic E-state index is 0.239.